The molecule has 4 rings (SSSR count). The summed E-state index contributed by atoms with van der Waals surface area (Å²) in [6, 6.07) is 26.7. The van der Waals surface area contributed by atoms with Gasteiger partial charge in [-0.1, -0.05) is 60.7 Å². The van der Waals surface area contributed by atoms with Gasteiger partial charge in [0.1, 0.15) is 0 Å². The van der Waals surface area contributed by atoms with Crippen LogP contribution in [0.5, 0.6) is 0 Å². The van der Waals surface area contributed by atoms with Crippen molar-refractivity contribution < 1.29 is 52.7 Å². The lowest BCUT2D eigenvalue weighted by Crippen LogP contribution is -3.00. The van der Waals surface area contributed by atoms with E-state index in [1.807, 2.05) is 119 Å². The van der Waals surface area contributed by atoms with Crippen LogP contribution in [0.25, 0.3) is 11.1 Å². The molecule has 2 aromatic heterocycles. The van der Waals surface area contributed by atoms with Crippen molar-refractivity contribution in [2.75, 3.05) is 0 Å². The van der Waals surface area contributed by atoms with E-state index in [4.69, 9.17) is 0 Å². The van der Waals surface area contributed by atoms with Gasteiger partial charge in [0, 0.05) is 35.4 Å². The van der Waals surface area contributed by atoms with Gasteiger partial charge in [0.2, 0.25) is 24.7 Å². The fraction of sp³-hybridized carbons (Fsp3) is 0.0769. The van der Waals surface area contributed by atoms with Crippen molar-refractivity contribution in [2.24, 2.45) is 0 Å². The van der Waals surface area contributed by atoms with Crippen LogP contribution in [0.15, 0.2) is 110 Å². The van der Waals surface area contributed by atoms with Gasteiger partial charge in [-0.05, 0) is 11.1 Å². The molecule has 0 aliphatic heterocycles. The van der Waals surface area contributed by atoms with Gasteiger partial charge in [-0.15, -0.1) is 0 Å². The first-order chi connectivity index (χ1) is 14.7. The van der Waals surface area contributed by atoms with Gasteiger partial charge in [-0.2, -0.15) is 9.13 Å². The van der Waals surface area contributed by atoms with Crippen LogP contribution >= 0.6 is 0 Å². The fourth-order valence-corrected chi connectivity index (χ4v) is 3.29. The van der Waals surface area contributed by atoms with Crippen LogP contribution in [0.1, 0.15) is 20.7 Å². The average Bonchev–Trinajstić information content (AvgIpc) is 2.80. The van der Waals surface area contributed by atoms with Gasteiger partial charge in [0.25, 0.3) is 0 Å². The standard InChI is InChI=1S/C26H22N2O2.2BrH/c29-25(19-27-15-3-1-4-16-27)23-11-7-21(8-12-23)22-9-13-24(14-10-22)26(30)20-28-17-5-2-6-18-28;;/h1-18H,19-20H2;2*1H/q+2;;/p-2. The number of hydrogen-bond acceptors (Lipinski definition) is 2. The Bertz CT molecular complexity index is 1050. The molecule has 0 aliphatic rings. The zero-order chi connectivity index (χ0) is 20.8. The van der Waals surface area contributed by atoms with Gasteiger partial charge >= 0.3 is 0 Å². The van der Waals surface area contributed by atoms with E-state index in [1.54, 1.807) is 0 Å². The summed E-state index contributed by atoms with van der Waals surface area (Å²) < 4.78 is 3.72. The Kier molecular flexibility index (Phi) is 9.62. The van der Waals surface area contributed by atoms with Gasteiger partial charge in [-0.3, -0.25) is 9.59 Å². The van der Waals surface area contributed by atoms with Crippen LogP contribution in [-0.4, -0.2) is 11.6 Å². The number of pyridine rings is 2. The number of Topliss-reactive ketones (excluding diaryl/α,β-unsaturated/α-hetero) is 2. The molecule has 0 saturated carbocycles. The van der Waals surface area contributed by atoms with E-state index < -0.39 is 0 Å². The largest absolute Gasteiger partial charge is 1.00 e. The molecule has 4 nitrogen and oxygen atoms in total. The molecule has 32 heavy (non-hydrogen) atoms. The minimum atomic E-state index is 0. The highest BCUT2D eigenvalue weighted by Crippen LogP contribution is 2.21. The van der Waals surface area contributed by atoms with Crippen LogP contribution in [0.2, 0.25) is 0 Å². The minimum absolute atomic E-state index is 0. The van der Waals surface area contributed by atoms with Crippen LogP contribution in [0.3, 0.4) is 0 Å². The second kappa shape index (κ2) is 12.2. The maximum atomic E-state index is 12.5. The first-order valence-electron chi connectivity index (χ1n) is 9.84. The highest BCUT2D eigenvalue weighted by atomic mass is 79.9. The number of halogens is 2. The third-order valence-electron chi connectivity index (χ3n) is 4.95. The summed E-state index contributed by atoms with van der Waals surface area (Å²) in [6.07, 6.45) is 7.52. The van der Waals surface area contributed by atoms with Gasteiger partial charge < -0.3 is 34.0 Å². The summed E-state index contributed by atoms with van der Waals surface area (Å²) in [6.45, 7) is 0.632. The van der Waals surface area contributed by atoms with Gasteiger partial charge in [0.15, 0.2) is 24.8 Å². The van der Waals surface area contributed by atoms with Gasteiger partial charge in [-0.25, -0.2) is 0 Å². The number of rotatable bonds is 7. The molecule has 0 amide bonds. The highest BCUT2D eigenvalue weighted by molar-refractivity contribution is 5.96. The van der Waals surface area contributed by atoms with Crippen LogP contribution in [0.4, 0.5) is 0 Å². The SMILES string of the molecule is O=C(C[n+]1ccccc1)c1ccc(-c2ccc(C(=O)C[n+]3ccccc3)cc2)cc1.[Br-].[Br-]. The lowest BCUT2D eigenvalue weighted by atomic mass is 10.00. The molecule has 0 bridgehead atoms. The number of carbonyl (C=O) groups is 2. The molecule has 0 unspecified atom stereocenters. The lowest BCUT2D eigenvalue weighted by Gasteiger charge is -2.05. The molecular formula is C26H22Br2N2O2. The van der Waals surface area contributed by atoms with Crippen molar-refractivity contribution in [2.45, 2.75) is 13.1 Å². The molecule has 0 saturated heterocycles. The molecule has 0 radical (unpaired) electrons. The van der Waals surface area contributed by atoms with Crippen LogP contribution < -0.4 is 43.1 Å². The quantitative estimate of drug-likeness (QED) is 0.191. The monoisotopic (exact) mass is 552 g/mol. The third-order valence-corrected chi connectivity index (χ3v) is 4.95. The summed E-state index contributed by atoms with van der Waals surface area (Å²) in [7, 11) is 0. The molecule has 0 fully saturated rings. The summed E-state index contributed by atoms with van der Waals surface area (Å²) in [5.41, 5.74) is 3.38. The van der Waals surface area contributed by atoms with E-state index in [1.165, 1.54) is 0 Å². The summed E-state index contributed by atoms with van der Waals surface area (Å²) in [5, 5.41) is 0. The first kappa shape index (κ1) is 25.3. The van der Waals surface area contributed by atoms with Crippen molar-refractivity contribution in [1.82, 2.24) is 0 Å². The second-order valence-electron chi connectivity index (χ2n) is 7.10. The summed E-state index contributed by atoms with van der Waals surface area (Å²) in [4.78, 5) is 24.9. The highest BCUT2D eigenvalue weighted by Gasteiger charge is 2.13. The number of aromatic nitrogens is 2. The molecule has 6 heteroatoms. The van der Waals surface area contributed by atoms with Crippen LogP contribution in [0, 0.1) is 0 Å². The van der Waals surface area contributed by atoms with E-state index in [9.17, 15) is 9.59 Å². The topological polar surface area (TPSA) is 41.9 Å². The molecule has 0 spiro atoms. The predicted octanol–water partition coefficient (Wildman–Crippen LogP) is -2.30. The molecule has 162 valence electrons. The zero-order valence-electron chi connectivity index (χ0n) is 17.3. The van der Waals surface area contributed by atoms with Crippen molar-refractivity contribution >= 4 is 11.6 Å². The number of benzene rings is 2. The van der Waals surface area contributed by atoms with E-state index >= 15 is 0 Å². The Morgan fingerprint density at radius 2 is 0.812 bits per heavy atom. The third kappa shape index (κ3) is 6.52. The minimum Gasteiger partial charge on any atom is -1.00 e. The van der Waals surface area contributed by atoms with E-state index in [-0.39, 0.29) is 45.5 Å². The van der Waals surface area contributed by atoms with E-state index in [0.717, 1.165) is 11.1 Å². The lowest BCUT2D eigenvalue weighted by molar-refractivity contribution is -0.683. The molecule has 0 atom stereocenters. The van der Waals surface area contributed by atoms with E-state index in [2.05, 4.69) is 0 Å². The summed E-state index contributed by atoms with van der Waals surface area (Å²) >= 11 is 0. The Morgan fingerprint density at radius 1 is 0.500 bits per heavy atom. The smallest absolute Gasteiger partial charge is 0.227 e. The number of ketones is 2. The predicted molar refractivity (Wildman–Crippen MR) is 114 cm³/mol. The molecule has 0 aliphatic carbocycles. The molecule has 0 N–H and O–H groups in total. The maximum Gasteiger partial charge on any atom is 0.227 e. The number of carbonyl (C=O) groups excluding carboxylic acids is 2. The molecular weight excluding hydrogens is 532 g/mol. The molecule has 2 heterocycles. The van der Waals surface area contributed by atoms with E-state index in [0.29, 0.717) is 24.2 Å². The number of nitrogens with zero attached hydrogens (tertiary/aromatic N) is 2. The first-order valence-corrected chi connectivity index (χ1v) is 9.84. The zero-order valence-corrected chi connectivity index (χ0v) is 20.4. The summed E-state index contributed by atoms with van der Waals surface area (Å²) in [5.74, 6) is 0.134. The Balaban J connectivity index is 0.00000181. The Morgan fingerprint density at radius 3 is 1.12 bits per heavy atom. The number of hydrogen-bond donors (Lipinski definition) is 0. The van der Waals surface area contributed by atoms with Gasteiger partial charge in [0.05, 0.1) is 0 Å². The van der Waals surface area contributed by atoms with Crippen molar-refractivity contribution in [1.29, 1.82) is 0 Å². The Hall–Kier alpha value is -2.96. The second-order valence-corrected chi connectivity index (χ2v) is 7.10. The normalized spacial score (nSPS) is 9.88. The van der Waals surface area contributed by atoms with Crippen LogP contribution in [-0.2, 0) is 13.1 Å². The maximum absolute atomic E-state index is 12.5. The van der Waals surface area contributed by atoms with Crippen molar-refractivity contribution in [3.05, 3.63) is 121 Å². The molecule has 4 aromatic rings. The van der Waals surface area contributed by atoms with Crippen molar-refractivity contribution in [3.8, 4) is 11.1 Å². The fourth-order valence-electron chi connectivity index (χ4n) is 3.29. The van der Waals surface area contributed by atoms with Crippen molar-refractivity contribution in [3.63, 3.8) is 0 Å². The Labute approximate surface area is 208 Å². The average molecular weight is 554 g/mol. The molecule has 2 aromatic carbocycles.